The van der Waals surface area contributed by atoms with E-state index in [4.69, 9.17) is 18.0 Å². The standard InChI is InChI=1S/C16H18N4S/c17-16(21)13-6-7-18-15(12-13)20-10-8-19(9-11-20)14-4-2-1-3-5-14/h1-7,12H,8-11H2,(H2,17,21). The quantitative estimate of drug-likeness (QED) is 0.879. The Morgan fingerprint density at radius 2 is 1.67 bits per heavy atom. The minimum Gasteiger partial charge on any atom is -0.389 e. The van der Waals surface area contributed by atoms with Gasteiger partial charge in [0, 0.05) is 43.6 Å². The Hall–Kier alpha value is -2.14. The summed E-state index contributed by atoms with van der Waals surface area (Å²) in [6.07, 6.45) is 1.77. The highest BCUT2D eigenvalue weighted by atomic mass is 32.1. The summed E-state index contributed by atoms with van der Waals surface area (Å²) in [6.45, 7) is 3.87. The molecule has 0 radical (unpaired) electrons. The van der Waals surface area contributed by atoms with Gasteiger partial charge in [-0.1, -0.05) is 30.4 Å². The molecule has 2 aromatic rings. The van der Waals surface area contributed by atoms with Crippen molar-refractivity contribution in [3.8, 4) is 0 Å². The van der Waals surface area contributed by atoms with Crippen LogP contribution in [0, 0.1) is 0 Å². The Labute approximate surface area is 130 Å². The molecule has 1 saturated heterocycles. The summed E-state index contributed by atoms with van der Waals surface area (Å²) in [5.41, 5.74) is 7.84. The molecule has 0 bridgehead atoms. The van der Waals surface area contributed by atoms with Crippen molar-refractivity contribution in [2.45, 2.75) is 0 Å². The molecule has 0 saturated carbocycles. The van der Waals surface area contributed by atoms with Crippen molar-refractivity contribution in [3.63, 3.8) is 0 Å². The molecule has 2 N–H and O–H groups in total. The maximum absolute atomic E-state index is 5.69. The first-order chi connectivity index (χ1) is 10.2. The maximum atomic E-state index is 5.69. The van der Waals surface area contributed by atoms with E-state index >= 15 is 0 Å². The van der Waals surface area contributed by atoms with Crippen molar-refractivity contribution in [3.05, 3.63) is 54.2 Å². The highest BCUT2D eigenvalue weighted by molar-refractivity contribution is 7.80. The van der Waals surface area contributed by atoms with Crippen LogP contribution in [-0.2, 0) is 0 Å². The molecule has 108 valence electrons. The van der Waals surface area contributed by atoms with Gasteiger partial charge in [-0.15, -0.1) is 0 Å². The molecule has 5 heteroatoms. The van der Waals surface area contributed by atoms with Gasteiger partial charge in [-0.2, -0.15) is 0 Å². The third-order valence-electron chi connectivity index (χ3n) is 3.76. The predicted molar refractivity (Wildman–Crippen MR) is 91.0 cm³/mol. The maximum Gasteiger partial charge on any atom is 0.129 e. The van der Waals surface area contributed by atoms with Crippen molar-refractivity contribution >= 4 is 28.7 Å². The van der Waals surface area contributed by atoms with Crippen molar-refractivity contribution in [1.29, 1.82) is 0 Å². The zero-order valence-electron chi connectivity index (χ0n) is 11.8. The number of pyridine rings is 1. The third kappa shape index (κ3) is 3.13. The molecule has 0 atom stereocenters. The molecule has 0 unspecified atom stereocenters. The number of piperazine rings is 1. The lowest BCUT2D eigenvalue weighted by molar-refractivity contribution is 0.647. The molecular formula is C16H18N4S. The van der Waals surface area contributed by atoms with Crippen molar-refractivity contribution < 1.29 is 0 Å². The Morgan fingerprint density at radius 1 is 1.00 bits per heavy atom. The summed E-state index contributed by atoms with van der Waals surface area (Å²) in [4.78, 5) is 9.53. The van der Waals surface area contributed by atoms with Gasteiger partial charge in [-0.3, -0.25) is 0 Å². The molecule has 3 rings (SSSR count). The average molecular weight is 298 g/mol. The van der Waals surface area contributed by atoms with Crippen LogP contribution in [0.2, 0.25) is 0 Å². The summed E-state index contributed by atoms with van der Waals surface area (Å²) >= 11 is 5.03. The monoisotopic (exact) mass is 298 g/mol. The van der Waals surface area contributed by atoms with E-state index in [2.05, 4.69) is 39.0 Å². The highest BCUT2D eigenvalue weighted by Gasteiger charge is 2.18. The van der Waals surface area contributed by atoms with Gasteiger partial charge in [0.05, 0.1) is 0 Å². The van der Waals surface area contributed by atoms with Gasteiger partial charge in [0.15, 0.2) is 0 Å². The number of anilines is 2. The van der Waals surface area contributed by atoms with Crippen LogP contribution < -0.4 is 15.5 Å². The molecule has 0 amide bonds. The van der Waals surface area contributed by atoms with Crippen molar-refractivity contribution in [2.24, 2.45) is 5.73 Å². The van der Waals surface area contributed by atoms with E-state index in [1.807, 2.05) is 18.2 Å². The number of nitrogens with zero attached hydrogens (tertiary/aromatic N) is 3. The number of thiocarbonyl (C=S) groups is 1. The van der Waals surface area contributed by atoms with Gasteiger partial charge < -0.3 is 15.5 Å². The van der Waals surface area contributed by atoms with Gasteiger partial charge in [-0.25, -0.2) is 4.98 Å². The van der Waals surface area contributed by atoms with E-state index in [1.54, 1.807) is 6.20 Å². The second-order valence-electron chi connectivity index (χ2n) is 5.08. The topological polar surface area (TPSA) is 45.4 Å². The summed E-state index contributed by atoms with van der Waals surface area (Å²) in [5.74, 6) is 0.952. The minimum atomic E-state index is 0.418. The van der Waals surface area contributed by atoms with E-state index in [0.717, 1.165) is 37.6 Å². The normalized spacial score (nSPS) is 15.0. The SMILES string of the molecule is NC(=S)c1ccnc(N2CCN(c3ccccc3)CC2)c1. The van der Waals surface area contributed by atoms with Crippen LogP contribution in [0.5, 0.6) is 0 Å². The van der Waals surface area contributed by atoms with Gasteiger partial charge in [0.2, 0.25) is 0 Å². The van der Waals surface area contributed by atoms with Gasteiger partial charge in [0.1, 0.15) is 10.8 Å². The zero-order chi connectivity index (χ0) is 14.7. The number of aromatic nitrogens is 1. The molecule has 21 heavy (non-hydrogen) atoms. The Morgan fingerprint density at radius 3 is 2.33 bits per heavy atom. The molecular weight excluding hydrogens is 280 g/mol. The number of nitrogens with two attached hydrogens (primary N) is 1. The lowest BCUT2D eigenvalue weighted by atomic mass is 10.2. The molecule has 4 nitrogen and oxygen atoms in total. The molecule has 0 aliphatic carbocycles. The Bertz CT molecular complexity index is 621. The van der Waals surface area contributed by atoms with Crippen LogP contribution in [0.1, 0.15) is 5.56 Å². The van der Waals surface area contributed by atoms with Crippen LogP contribution in [0.25, 0.3) is 0 Å². The number of rotatable bonds is 3. The smallest absolute Gasteiger partial charge is 0.129 e. The number of hydrogen-bond donors (Lipinski definition) is 1. The average Bonchev–Trinajstić information content (AvgIpc) is 2.56. The van der Waals surface area contributed by atoms with Crippen LogP contribution in [0.15, 0.2) is 48.7 Å². The molecule has 0 spiro atoms. The van der Waals surface area contributed by atoms with E-state index in [9.17, 15) is 0 Å². The molecule has 2 heterocycles. The van der Waals surface area contributed by atoms with Crippen LogP contribution in [-0.4, -0.2) is 36.2 Å². The third-order valence-corrected chi connectivity index (χ3v) is 3.99. The lowest BCUT2D eigenvalue weighted by Crippen LogP contribution is -2.46. The molecule has 1 aromatic carbocycles. The van der Waals surface area contributed by atoms with E-state index in [-0.39, 0.29) is 0 Å². The van der Waals surface area contributed by atoms with Crippen molar-refractivity contribution in [2.75, 3.05) is 36.0 Å². The number of hydrogen-bond acceptors (Lipinski definition) is 4. The van der Waals surface area contributed by atoms with Gasteiger partial charge in [-0.05, 0) is 24.3 Å². The molecule has 1 fully saturated rings. The van der Waals surface area contributed by atoms with E-state index in [0.29, 0.717) is 4.99 Å². The van der Waals surface area contributed by atoms with Gasteiger partial charge in [0.25, 0.3) is 0 Å². The number of para-hydroxylation sites is 1. The first kappa shape index (κ1) is 13.8. The fraction of sp³-hybridized carbons (Fsp3) is 0.250. The summed E-state index contributed by atoms with van der Waals surface area (Å²) < 4.78 is 0. The molecule has 1 aliphatic heterocycles. The number of benzene rings is 1. The fourth-order valence-corrected chi connectivity index (χ4v) is 2.70. The predicted octanol–water partition coefficient (Wildman–Crippen LogP) is 2.04. The van der Waals surface area contributed by atoms with Crippen LogP contribution in [0.3, 0.4) is 0 Å². The first-order valence-electron chi connectivity index (χ1n) is 7.05. The summed E-state index contributed by atoms with van der Waals surface area (Å²) in [6, 6.07) is 14.3. The first-order valence-corrected chi connectivity index (χ1v) is 7.46. The zero-order valence-corrected chi connectivity index (χ0v) is 12.6. The second-order valence-corrected chi connectivity index (χ2v) is 5.52. The Kier molecular flexibility index (Phi) is 4.01. The van der Waals surface area contributed by atoms with Gasteiger partial charge >= 0.3 is 0 Å². The van der Waals surface area contributed by atoms with Crippen molar-refractivity contribution in [1.82, 2.24) is 4.98 Å². The van der Waals surface area contributed by atoms with E-state index in [1.165, 1.54) is 5.69 Å². The Balaban J connectivity index is 1.68. The molecule has 1 aliphatic rings. The van der Waals surface area contributed by atoms with Crippen LogP contribution in [0.4, 0.5) is 11.5 Å². The van der Waals surface area contributed by atoms with Crippen LogP contribution >= 0.6 is 12.2 Å². The van der Waals surface area contributed by atoms with E-state index < -0.39 is 0 Å². The summed E-state index contributed by atoms with van der Waals surface area (Å²) in [7, 11) is 0. The minimum absolute atomic E-state index is 0.418. The largest absolute Gasteiger partial charge is 0.389 e. The second kappa shape index (κ2) is 6.10. The lowest BCUT2D eigenvalue weighted by Gasteiger charge is -2.36. The summed E-state index contributed by atoms with van der Waals surface area (Å²) in [5, 5.41) is 0. The highest BCUT2D eigenvalue weighted by Crippen LogP contribution is 2.19. The molecule has 1 aromatic heterocycles. The fourth-order valence-electron chi connectivity index (χ4n) is 2.58.